The second kappa shape index (κ2) is 8.14. The van der Waals surface area contributed by atoms with Crippen LogP contribution < -0.4 is 0 Å². The normalized spacial score (nSPS) is 33.6. The lowest BCUT2D eigenvalue weighted by molar-refractivity contribution is -0.323. The van der Waals surface area contributed by atoms with Gasteiger partial charge in [-0.25, -0.2) is 0 Å². The van der Waals surface area contributed by atoms with Crippen LogP contribution in [0.1, 0.15) is 39.5 Å². The molecule has 28 heavy (non-hydrogen) atoms. The quantitative estimate of drug-likeness (QED) is 0.299. The van der Waals surface area contributed by atoms with Crippen molar-refractivity contribution >= 4 is 8.32 Å². The number of fused-ring (bicyclic) bond motifs is 1. The molecule has 3 rings (SSSR count). The monoisotopic (exact) mass is 405 g/mol. The van der Waals surface area contributed by atoms with Crippen molar-refractivity contribution in [2.45, 2.75) is 76.7 Å². The van der Waals surface area contributed by atoms with Gasteiger partial charge in [0.1, 0.15) is 6.10 Å². The molecule has 1 aromatic carbocycles. The van der Waals surface area contributed by atoms with Crippen molar-refractivity contribution in [2.75, 3.05) is 6.61 Å². The maximum Gasteiger partial charge on any atom is 0.195 e. The predicted molar refractivity (Wildman–Crippen MR) is 109 cm³/mol. The molecule has 0 spiro atoms. The van der Waals surface area contributed by atoms with E-state index >= 15 is 0 Å². The van der Waals surface area contributed by atoms with Crippen LogP contribution in [0.3, 0.4) is 0 Å². The first-order valence-electron chi connectivity index (χ1n) is 9.83. The number of azide groups is 1. The van der Waals surface area contributed by atoms with Gasteiger partial charge in [0.25, 0.3) is 0 Å². The lowest BCUT2D eigenvalue weighted by Crippen LogP contribution is -2.60. The summed E-state index contributed by atoms with van der Waals surface area (Å²) in [6.07, 6.45) is -1.52. The Kier molecular flexibility index (Phi) is 6.19. The van der Waals surface area contributed by atoms with Crippen LogP contribution in [0.25, 0.3) is 10.4 Å². The van der Waals surface area contributed by atoms with E-state index in [-0.39, 0.29) is 23.2 Å². The third-order valence-corrected chi connectivity index (χ3v) is 10.6. The molecule has 0 aromatic heterocycles. The van der Waals surface area contributed by atoms with Crippen molar-refractivity contribution < 1.29 is 18.6 Å². The summed E-state index contributed by atoms with van der Waals surface area (Å²) in [6, 6.07) is 9.39. The van der Waals surface area contributed by atoms with Gasteiger partial charge < -0.3 is 18.6 Å². The van der Waals surface area contributed by atoms with Gasteiger partial charge in [-0.15, -0.1) is 0 Å². The van der Waals surface area contributed by atoms with Gasteiger partial charge >= 0.3 is 0 Å². The molecule has 0 aliphatic carbocycles. The summed E-state index contributed by atoms with van der Waals surface area (Å²) in [7, 11) is -2.11. The Morgan fingerprint density at radius 2 is 1.86 bits per heavy atom. The van der Waals surface area contributed by atoms with Gasteiger partial charge in [0.15, 0.2) is 20.9 Å². The maximum atomic E-state index is 9.13. The molecule has 6 atom stereocenters. The largest absolute Gasteiger partial charge is 0.392 e. The van der Waals surface area contributed by atoms with Crippen LogP contribution in [0.4, 0.5) is 0 Å². The summed E-state index contributed by atoms with van der Waals surface area (Å²) >= 11 is 0. The Labute approximate surface area is 168 Å². The third kappa shape index (κ3) is 4.27. The molecule has 0 bridgehead atoms. The highest BCUT2D eigenvalue weighted by Gasteiger charge is 2.50. The van der Waals surface area contributed by atoms with Crippen LogP contribution in [-0.2, 0) is 18.6 Å². The lowest BCUT2D eigenvalue weighted by Gasteiger charge is -2.50. The van der Waals surface area contributed by atoms with E-state index in [2.05, 4.69) is 43.9 Å². The van der Waals surface area contributed by atoms with Crippen LogP contribution in [0.2, 0.25) is 18.1 Å². The summed E-state index contributed by atoms with van der Waals surface area (Å²) in [5.74, 6) is -0.0560. The van der Waals surface area contributed by atoms with E-state index in [1.165, 1.54) is 0 Å². The first-order valence-corrected chi connectivity index (χ1v) is 12.7. The van der Waals surface area contributed by atoms with E-state index in [1.54, 1.807) is 0 Å². The van der Waals surface area contributed by atoms with E-state index in [4.69, 9.17) is 24.2 Å². The fourth-order valence-corrected chi connectivity index (χ4v) is 4.52. The van der Waals surface area contributed by atoms with Crippen molar-refractivity contribution in [1.82, 2.24) is 0 Å². The predicted octanol–water partition coefficient (Wildman–Crippen LogP) is 5.16. The van der Waals surface area contributed by atoms with E-state index in [0.29, 0.717) is 6.61 Å². The highest BCUT2D eigenvalue weighted by atomic mass is 28.4. The topological polar surface area (TPSA) is 85.7 Å². The average Bonchev–Trinajstić information content (AvgIpc) is 2.64. The molecule has 2 aliphatic heterocycles. The molecule has 1 aromatic rings. The van der Waals surface area contributed by atoms with Gasteiger partial charge in [-0.2, -0.15) is 0 Å². The van der Waals surface area contributed by atoms with Gasteiger partial charge in [-0.05, 0) is 29.6 Å². The number of hydrogen-bond acceptors (Lipinski definition) is 5. The van der Waals surface area contributed by atoms with E-state index in [1.807, 2.05) is 37.3 Å². The van der Waals surface area contributed by atoms with Gasteiger partial charge in [0, 0.05) is 10.5 Å². The summed E-state index contributed by atoms with van der Waals surface area (Å²) in [5.41, 5.74) is 10.1. The minimum Gasteiger partial charge on any atom is -0.392 e. The fourth-order valence-electron chi connectivity index (χ4n) is 3.39. The zero-order valence-corrected chi connectivity index (χ0v) is 18.5. The highest BCUT2D eigenvalue weighted by Crippen LogP contribution is 2.42. The molecule has 2 heterocycles. The van der Waals surface area contributed by atoms with E-state index in [9.17, 15) is 0 Å². The summed E-state index contributed by atoms with van der Waals surface area (Å²) in [6.45, 7) is 13.3. The molecule has 2 aliphatic rings. The number of ether oxygens (including phenoxy) is 3. The molecule has 8 heteroatoms. The maximum absolute atomic E-state index is 9.13. The van der Waals surface area contributed by atoms with Crippen molar-refractivity contribution in [1.29, 1.82) is 0 Å². The molecule has 7 nitrogen and oxygen atoms in total. The van der Waals surface area contributed by atoms with Crippen LogP contribution in [0, 0.1) is 5.92 Å². The number of nitrogens with zero attached hydrogens (tertiary/aromatic N) is 3. The summed E-state index contributed by atoms with van der Waals surface area (Å²) < 4.78 is 24.9. The van der Waals surface area contributed by atoms with Crippen LogP contribution >= 0.6 is 0 Å². The molecular weight excluding hydrogens is 374 g/mol. The Balaban J connectivity index is 1.80. The number of hydrogen-bond donors (Lipinski definition) is 0. The second-order valence-corrected chi connectivity index (χ2v) is 13.9. The first kappa shape index (κ1) is 21.3. The highest BCUT2D eigenvalue weighted by molar-refractivity contribution is 6.74. The molecule has 0 amide bonds. The standard InChI is InChI=1S/C20H31N3O4Si/c1-13-16(22-23-21)19(27-28(5,6)20(2,3)4)25-15-12-24-18(26-17(13)15)14-10-8-7-9-11-14/h7-11,13,15-19H,12H2,1-6H3/t13-,15?,16?,17+,18?,19-/m1/s1. The fraction of sp³-hybridized carbons (Fsp3) is 0.700. The van der Waals surface area contributed by atoms with E-state index < -0.39 is 26.9 Å². The lowest BCUT2D eigenvalue weighted by atomic mass is 9.88. The van der Waals surface area contributed by atoms with Crippen molar-refractivity contribution in [3.63, 3.8) is 0 Å². The Morgan fingerprint density at radius 1 is 1.18 bits per heavy atom. The van der Waals surface area contributed by atoms with Gasteiger partial charge in [-0.1, -0.05) is 63.1 Å². The number of rotatable bonds is 4. The minimum atomic E-state index is -2.11. The molecule has 154 valence electrons. The smallest absolute Gasteiger partial charge is 0.195 e. The SMILES string of the molecule is C[C@@H]1C(N=[N+]=[N-])[C@@H](O[Si](C)(C)C(C)(C)C)OC2COC(c3ccccc3)O[C@H]21. The van der Waals surface area contributed by atoms with Gasteiger partial charge in [-0.3, -0.25) is 0 Å². The molecule has 2 saturated heterocycles. The average molecular weight is 406 g/mol. The van der Waals surface area contributed by atoms with Gasteiger partial charge in [0.05, 0.1) is 18.8 Å². The third-order valence-electron chi connectivity index (χ3n) is 6.18. The molecule has 0 N–H and O–H groups in total. The molecule has 3 unspecified atom stereocenters. The van der Waals surface area contributed by atoms with Crippen LogP contribution in [0.5, 0.6) is 0 Å². The second-order valence-electron chi connectivity index (χ2n) is 9.15. The van der Waals surface area contributed by atoms with E-state index in [0.717, 1.165) is 5.56 Å². The molecule has 0 saturated carbocycles. The molecular formula is C20H31N3O4Si. The van der Waals surface area contributed by atoms with Crippen LogP contribution in [0.15, 0.2) is 35.4 Å². The zero-order chi connectivity index (χ0) is 20.5. The first-order chi connectivity index (χ1) is 13.1. The summed E-state index contributed by atoms with van der Waals surface area (Å²) in [5, 5.41) is 4.06. The Morgan fingerprint density at radius 3 is 2.46 bits per heavy atom. The molecule has 2 fully saturated rings. The zero-order valence-electron chi connectivity index (χ0n) is 17.5. The van der Waals surface area contributed by atoms with Crippen molar-refractivity contribution in [3.8, 4) is 0 Å². The molecule has 0 radical (unpaired) electrons. The minimum absolute atomic E-state index is 0.0231. The van der Waals surface area contributed by atoms with Gasteiger partial charge in [0.2, 0.25) is 0 Å². The summed E-state index contributed by atoms with van der Waals surface area (Å²) in [4.78, 5) is 3.06. The Hall–Kier alpha value is -1.41. The van der Waals surface area contributed by atoms with Crippen molar-refractivity contribution in [3.05, 3.63) is 46.3 Å². The Bertz CT molecular complexity index is 718. The van der Waals surface area contributed by atoms with Crippen LogP contribution in [-0.4, -0.2) is 39.5 Å². The van der Waals surface area contributed by atoms with Crippen molar-refractivity contribution in [2.24, 2.45) is 11.0 Å². The number of benzene rings is 1.